The summed E-state index contributed by atoms with van der Waals surface area (Å²) < 4.78 is 0. The molecule has 0 aromatic carbocycles. The molecule has 0 unspecified atom stereocenters. The molecule has 0 aliphatic heterocycles. The molecule has 2 N–H and O–H groups in total. The molecule has 0 aromatic heterocycles. The first-order valence-corrected chi connectivity index (χ1v) is 6.56. The van der Waals surface area contributed by atoms with Gasteiger partial charge < -0.3 is 10.4 Å². The quantitative estimate of drug-likeness (QED) is 0.700. The van der Waals surface area contributed by atoms with Crippen LogP contribution in [0.3, 0.4) is 0 Å². The zero-order valence-electron chi connectivity index (χ0n) is 10.6. The Labute approximate surface area is 103 Å². The van der Waals surface area contributed by atoms with Gasteiger partial charge in [-0.05, 0) is 31.1 Å². The molecule has 0 bridgehead atoms. The van der Waals surface area contributed by atoms with Crippen molar-refractivity contribution in [3.63, 3.8) is 0 Å². The number of nitrogens with one attached hydrogen (secondary N) is 1. The average molecular weight is 241 g/mol. The van der Waals surface area contributed by atoms with Gasteiger partial charge in [0.2, 0.25) is 5.91 Å². The maximum atomic E-state index is 11.6. The van der Waals surface area contributed by atoms with Gasteiger partial charge in [0.25, 0.3) is 0 Å². The van der Waals surface area contributed by atoms with Gasteiger partial charge in [-0.2, -0.15) is 0 Å². The summed E-state index contributed by atoms with van der Waals surface area (Å²) in [5, 5.41) is 11.3. The van der Waals surface area contributed by atoms with E-state index in [1.54, 1.807) is 0 Å². The lowest BCUT2D eigenvalue weighted by atomic mass is 9.81. The Bertz CT molecular complexity index is 265. The van der Waals surface area contributed by atoms with Crippen LogP contribution in [-0.4, -0.2) is 23.5 Å². The Hall–Kier alpha value is -1.06. The molecule has 0 saturated heterocycles. The van der Waals surface area contributed by atoms with Crippen LogP contribution < -0.4 is 5.32 Å². The van der Waals surface area contributed by atoms with E-state index in [2.05, 4.69) is 12.2 Å². The second-order valence-electron chi connectivity index (χ2n) is 5.19. The summed E-state index contributed by atoms with van der Waals surface area (Å²) in [7, 11) is 0. The zero-order valence-corrected chi connectivity index (χ0v) is 10.6. The monoisotopic (exact) mass is 241 g/mol. The molecule has 1 fully saturated rings. The van der Waals surface area contributed by atoms with Crippen LogP contribution in [0.2, 0.25) is 0 Å². The number of carbonyl (C=O) groups is 2. The molecule has 1 rings (SSSR count). The Morgan fingerprint density at radius 2 is 2.12 bits per heavy atom. The lowest BCUT2D eigenvalue weighted by Gasteiger charge is -2.26. The number of hydrogen-bond donors (Lipinski definition) is 2. The van der Waals surface area contributed by atoms with E-state index in [4.69, 9.17) is 5.11 Å². The van der Waals surface area contributed by atoms with Crippen molar-refractivity contribution in [2.75, 3.05) is 6.54 Å². The summed E-state index contributed by atoms with van der Waals surface area (Å²) in [4.78, 5) is 21.9. The molecule has 1 amide bonds. The van der Waals surface area contributed by atoms with E-state index in [1.807, 2.05) is 0 Å². The molecule has 0 aromatic rings. The number of carboxylic acid groups (broad SMARTS) is 1. The number of amides is 1. The van der Waals surface area contributed by atoms with Crippen LogP contribution in [0.4, 0.5) is 0 Å². The normalized spacial score (nSPS) is 24.3. The molecule has 1 aliphatic rings. The van der Waals surface area contributed by atoms with Crippen molar-refractivity contribution in [2.24, 2.45) is 11.8 Å². The molecular weight excluding hydrogens is 218 g/mol. The zero-order chi connectivity index (χ0) is 12.7. The average Bonchev–Trinajstić information content (AvgIpc) is 2.24. The highest BCUT2D eigenvalue weighted by atomic mass is 16.4. The Morgan fingerprint density at radius 1 is 1.35 bits per heavy atom. The third kappa shape index (κ3) is 6.29. The van der Waals surface area contributed by atoms with Gasteiger partial charge in [-0.25, -0.2) is 0 Å². The first kappa shape index (κ1) is 14.0. The van der Waals surface area contributed by atoms with Crippen LogP contribution in [0.25, 0.3) is 0 Å². The second-order valence-corrected chi connectivity index (χ2v) is 5.19. The highest BCUT2D eigenvalue weighted by Crippen LogP contribution is 2.30. The fourth-order valence-corrected chi connectivity index (χ4v) is 2.55. The van der Waals surface area contributed by atoms with Crippen LogP contribution in [0, 0.1) is 11.8 Å². The number of carbonyl (C=O) groups excluding carboxylic acids is 1. The third-order valence-electron chi connectivity index (χ3n) is 3.41. The SMILES string of the molecule is C[C@H]1CCC[C@H](CC(=O)NCCCC(=O)O)C1. The van der Waals surface area contributed by atoms with Crippen molar-refractivity contribution in [3.8, 4) is 0 Å². The predicted molar refractivity (Wildman–Crippen MR) is 65.6 cm³/mol. The topological polar surface area (TPSA) is 66.4 Å². The van der Waals surface area contributed by atoms with E-state index in [1.165, 1.54) is 12.8 Å². The third-order valence-corrected chi connectivity index (χ3v) is 3.41. The molecule has 1 aliphatic carbocycles. The summed E-state index contributed by atoms with van der Waals surface area (Å²) in [5.74, 6) is 0.543. The lowest BCUT2D eigenvalue weighted by Crippen LogP contribution is -2.28. The maximum absolute atomic E-state index is 11.6. The second kappa shape index (κ2) is 7.30. The fraction of sp³-hybridized carbons (Fsp3) is 0.846. The van der Waals surface area contributed by atoms with Gasteiger partial charge in [0.05, 0.1) is 0 Å². The summed E-state index contributed by atoms with van der Waals surface area (Å²) in [6, 6.07) is 0. The summed E-state index contributed by atoms with van der Waals surface area (Å²) in [6.45, 7) is 2.73. The standard InChI is InChI=1S/C13H23NO3/c1-10-4-2-5-11(8-10)9-12(15)14-7-3-6-13(16)17/h10-11H,2-9H2,1H3,(H,14,15)(H,16,17)/t10-,11-/m0/s1. The molecule has 2 atom stereocenters. The van der Waals surface area contributed by atoms with Crippen molar-refractivity contribution in [2.45, 2.75) is 51.9 Å². The predicted octanol–water partition coefficient (Wildman–Crippen LogP) is 2.18. The fourth-order valence-electron chi connectivity index (χ4n) is 2.55. The van der Waals surface area contributed by atoms with Crippen molar-refractivity contribution in [1.29, 1.82) is 0 Å². The van der Waals surface area contributed by atoms with E-state index >= 15 is 0 Å². The van der Waals surface area contributed by atoms with Gasteiger partial charge in [-0.3, -0.25) is 9.59 Å². The molecule has 4 nitrogen and oxygen atoms in total. The minimum Gasteiger partial charge on any atom is -0.481 e. The van der Waals surface area contributed by atoms with Gasteiger partial charge in [0.15, 0.2) is 0 Å². The van der Waals surface area contributed by atoms with Crippen LogP contribution in [0.1, 0.15) is 51.9 Å². The molecular formula is C13H23NO3. The highest BCUT2D eigenvalue weighted by Gasteiger charge is 2.20. The summed E-state index contributed by atoms with van der Waals surface area (Å²) in [5.41, 5.74) is 0. The van der Waals surface area contributed by atoms with E-state index in [-0.39, 0.29) is 12.3 Å². The smallest absolute Gasteiger partial charge is 0.303 e. The highest BCUT2D eigenvalue weighted by molar-refractivity contribution is 5.76. The van der Waals surface area contributed by atoms with Gasteiger partial charge in [-0.1, -0.05) is 19.8 Å². The summed E-state index contributed by atoms with van der Waals surface area (Å²) >= 11 is 0. The largest absolute Gasteiger partial charge is 0.481 e. The van der Waals surface area contributed by atoms with Gasteiger partial charge in [0, 0.05) is 19.4 Å². The van der Waals surface area contributed by atoms with Gasteiger partial charge >= 0.3 is 5.97 Å². The Balaban J connectivity index is 2.09. The van der Waals surface area contributed by atoms with E-state index in [0.717, 1.165) is 18.8 Å². The molecule has 4 heteroatoms. The van der Waals surface area contributed by atoms with Gasteiger partial charge in [-0.15, -0.1) is 0 Å². The molecule has 1 saturated carbocycles. The van der Waals surface area contributed by atoms with E-state index in [9.17, 15) is 9.59 Å². The van der Waals surface area contributed by atoms with Crippen LogP contribution in [0.15, 0.2) is 0 Å². The lowest BCUT2D eigenvalue weighted by molar-refractivity contribution is -0.137. The summed E-state index contributed by atoms with van der Waals surface area (Å²) in [6.07, 6.45) is 6.09. The Kier molecular flexibility index (Phi) is 6.01. The Morgan fingerprint density at radius 3 is 2.76 bits per heavy atom. The molecule has 0 radical (unpaired) electrons. The van der Waals surface area contributed by atoms with Gasteiger partial charge in [0.1, 0.15) is 0 Å². The van der Waals surface area contributed by atoms with Crippen molar-refractivity contribution >= 4 is 11.9 Å². The molecule has 17 heavy (non-hydrogen) atoms. The molecule has 0 spiro atoms. The first-order valence-electron chi connectivity index (χ1n) is 6.56. The van der Waals surface area contributed by atoms with E-state index in [0.29, 0.717) is 25.3 Å². The van der Waals surface area contributed by atoms with Crippen molar-refractivity contribution in [1.82, 2.24) is 5.32 Å². The minimum atomic E-state index is -0.805. The molecule has 0 heterocycles. The molecule has 98 valence electrons. The number of carboxylic acids is 1. The van der Waals surface area contributed by atoms with Crippen LogP contribution >= 0.6 is 0 Å². The number of hydrogen-bond acceptors (Lipinski definition) is 2. The number of rotatable bonds is 6. The minimum absolute atomic E-state index is 0.0782. The van der Waals surface area contributed by atoms with Crippen molar-refractivity contribution < 1.29 is 14.7 Å². The van der Waals surface area contributed by atoms with Crippen molar-refractivity contribution in [3.05, 3.63) is 0 Å². The van der Waals surface area contributed by atoms with Crippen LogP contribution in [0.5, 0.6) is 0 Å². The van der Waals surface area contributed by atoms with E-state index < -0.39 is 5.97 Å². The first-order chi connectivity index (χ1) is 8.08. The number of aliphatic carboxylic acids is 1. The van der Waals surface area contributed by atoms with Crippen LogP contribution in [-0.2, 0) is 9.59 Å². The maximum Gasteiger partial charge on any atom is 0.303 e.